The standard InChI is InChI=1S/C30H24N2O6S/c1-18-27(31-30(35)36-19(2)20-6-4-3-5-7-20)28(38-32-18)23-10-8-21(9-11-23)22-12-14-24(15-13-22)37-26-17-16-25(39-26)29(33)34/h3-17,19H,1-2H3,(H,31,35)(H,33,34)/t19-/m1/s1. The van der Waals surface area contributed by atoms with Crippen molar-refractivity contribution in [2.45, 2.75) is 20.0 Å². The first-order valence-electron chi connectivity index (χ1n) is 12.1. The quantitative estimate of drug-likeness (QED) is 0.204. The van der Waals surface area contributed by atoms with Crippen LogP contribution in [0.4, 0.5) is 10.5 Å². The molecule has 0 saturated heterocycles. The normalized spacial score (nSPS) is 11.5. The molecule has 0 aliphatic heterocycles. The zero-order valence-corrected chi connectivity index (χ0v) is 21.9. The van der Waals surface area contributed by atoms with Crippen molar-refractivity contribution in [1.29, 1.82) is 0 Å². The Morgan fingerprint density at radius 1 is 0.897 bits per heavy atom. The topological polar surface area (TPSA) is 111 Å². The maximum absolute atomic E-state index is 12.6. The maximum atomic E-state index is 12.6. The molecule has 2 aromatic heterocycles. The molecule has 0 bridgehead atoms. The zero-order chi connectivity index (χ0) is 27.4. The number of carbonyl (C=O) groups is 2. The summed E-state index contributed by atoms with van der Waals surface area (Å²) in [5.74, 6) is 0.0638. The average Bonchev–Trinajstić information content (AvgIpc) is 3.56. The van der Waals surface area contributed by atoms with Crippen molar-refractivity contribution in [1.82, 2.24) is 5.16 Å². The first-order valence-corrected chi connectivity index (χ1v) is 12.9. The average molecular weight is 541 g/mol. The number of amides is 1. The lowest BCUT2D eigenvalue weighted by molar-refractivity contribution is 0.0702. The third kappa shape index (κ3) is 6.00. The van der Waals surface area contributed by atoms with Crippen molar-refractivity contribution in [3.8, 4) is 33.3 Å². The van der Waals surface area contributed by atoms with Crippen molar-refractivity contribution in [2.75, 3.05) is 5.32 Å². The second kappa shape index (κ2) is 11.2. The molecule has 0 fully saturated rings. The van der Waals surface area contributed by atoms with E-state index in [-0.39, 0.29) is 4.88 Å². The molecule has 0 spiro atoms. The molecule has 39 heavy (non-hydrogen) atoms. The summed E-state index contributed by atoms with van der Waals surface area (Å²) in [7, 11) is 0. The number of nitrogens with zero attached hydrogens (tertiary/aromatic N) is 1. The van der Waals surface area contributed by atoms with Crippen LogP contribution in [-0.4, -0.2) is 22.3 Å². The molecule has 0 aliphatic rings. The highest BCUT2D eigenvalue weighted by Crippen LogP contribution is 2.34. The molecule has 1 atom stereocenters. The highest BCUT2D eigenvalue weighted by Gasteiger charge is 2.20. The van der Waals surface area contributed by atoms with E-state index in [9.17, 15) is 9.59 Å². The van der Waals surface area contributed by atoms with Gasteiger partial charge in [0.25, 0.3) is 0 Å². The molecule has 9 heteroatoms. The lowest BCUT2D eigenvalue weighted by Crippen LogP contribution is -2.16. The third-order valence-corrected chi connectivity index (χ3v) is 6.94. The Bertz CT molecular complexity index is 1590. The molecule has 1 amide bonds. The summed E-state index contributed by atoms with van der Waals surface area (Å²) >= 11 is 1.07. The first kappa shape index (κ1) is 25.7. The monoisotopic (exact) mass is 540 g/mol. The number of carboxylic acids is 1. The summed E-state index contributed by atoms with van der Waals surface area (Å²) in [6.45, 7) is 3.56. The molecule has 2 N–H and O–H groups in total. The van der Waals surface area contributed by atoms with Crippen LogP contribution in [-0.2, 0) is 4.74 Å². The van der Waals surface area contributed by atoms with E-state index in [2.05, 4.69) is 10.5 Å². The van der Waals surface area contributed by atoms with Crippen molar-refractivity contribution in [3.05, 3.63) is 107 Å². The van der Waals surface area contributed by atoms with Crippen molar-refractivity contribution < 1.29 is 28.7 Å². The molecule has 0 radical (unpaired) electrons. The molecule has 2 heterocycles. The van der Waals surface area contributed by atoms with E-state index in [1.54, 1.807) is 13.0 Å². The second-order valence-corrected chi connectivity index (χ2v) is 9.73. The number of nitrogens with one attached hydrogen (secondary N) is 1. The maximum Gasteiger partial charge on any atom is 0.412 e. The molecule has 0 unspecified atom stereocenters. The van der Waals surface area contributed by atoms with Gasteiger partial charge in [0.2, 0.25) is 0 Å². The van der Waals surface area contributed by atoms with Crippen LogP contribution in [0.2, 0.25) is 0 Å². The number of aromatic nitrogens is 1. The van der Waals surface area contributed by atoms with E-state index in [4.69, 9.17) is 19.1 Å². The van der Waals surface area contributed by atoms with Gasteiger partial charge in [0.05, 0.1) is 0 Å². The molecule has 196 valence electrons. The van der Waals surface area contributed by atoms with E-state index in [0.717, 1.165) is 33.6 Å². The van der Waals surface area contributed by atoms with Crippen LogP contribution in [0.1, 0.15) is 34.0 Å². The number of ether oxygens (including phenoxy) is 2. The van der Waals surface area contributed by atoms with Crippen LogP contribution in [0.25, 0.3) is 22.5 Å². The van der Waals surface area contributed by atoms with Gasteiger partial charge in [-0.25, -0.2) is 9.59 Å². The Labute approximate surface area is 228 Å². The summed E-state index contributed by atoms with van der Waals surface area (Å²) in [5, 5.41) is 16.4. The van der Waals surface area contributed by atoms with Gasteiger partial charge in [0, 0.05) is 5.56 Å². The lowest BCUT2D eigenvalue weighted by atomic mass is 10.0. The summed E-state index contributed by atoms with van der Waals surface area (Å²) in [6, 6.07) is 27.8. The molecule has 0 saturated carbocycles. The minimum atomic E-state index is -0.977. The molecular weight excluding hydrogens is 516 g/mol. The minimum absolute atomic E-state index is 0.223. The lowest BCUT2D eigenvalue weighted by Gasteiger charge is -2.14. The molecule has 5 rings (SSSR count). The molecule has 8 nitrogen and oxygen atoms in total. The van der Waals surface area contributed by atoms with Gasteiger partial charge in [-0.05, 0) is 54.8 Å². The Morgan fingerprint density at radius 3 is 2.18 bits per heavy atom. The fourth-order valence-electron chi connectivity index (χ4n) is 3.93. The summed E-state index contributed by atoms with van der Waals surface area (Å²) in [4.78, 5) is 23.9. The summed E-state index contributed by atoms with van der Waals surface area (Å²) in [5.41, 5.74) is 4.57. The smallest absolute Gasteiger partial charge is 0.412 e. The fraction of sp³-hybridized carbons (Fsp3) is 0.100. The van der Waals surface area contributed by atoms with Crippen molar-refractivity contribution in [2.24, 2.45) is 0 Å². The highest BCUT2D eigenvalue weighted by molar-refractivity contribution is 7.15. The van der Waals surface area contributed by atoms with Crippen LogP contribution in [0, 0.1) is 6.92 Å². The number of hydrogen-bond acceptors (Lipinski definition) is 7. The van der Waals surface area contributed by atoms with Gasteiger partial charge >= 0.3 is 12.1 Å². The number of carbonyl (C=O) groups excluding carboxylic acids is 1. The SMILES string of the molecule is Cc1noc(-c2ccc(-c3ccc(Oc4ccc(C(=O)O)s4)cc3)cc2)c1NC(=O)O[C@H](C)c1ccccc1. The van der Waals surface area contributed by atoms with Crippen LogP contribution >= 0.6 is 11.3 Å². The molecule has 0 aliphatic carbocycles. The Hall–Kier alpha value is -4.89. The van der Waals surface area contributed by atoms with Crippen LogP contribution in [0.5, 0.6) is 10.8 Å². The number of carboxylic acid groups (broad SMARTS) is 1. The van der Waals surface area contributed by atoms with Crippen LogP contribution in [0.3, 0.4) is 0 Å². The van der Waals surface area contributed by atoms with E-state index in [0.29, 0.717) is 28.0 Å². The van der Waals surface area contributed by atoms with Crippen molar-refractivity contribution >= 4 is 29.1 Å². The summed E-state index contributed by atoms with van der Waals surface area (Å²) < 4.78 is 16.8. The van der Waals surface area contributed by atoms with Gasteiger partial charge < -0.3 is 19.1 Å². The number of thiophene rings is 1. The zero-order valence-electron chi connectivity index (χ0n) is 21.1. The predicted octanol–water partition coefficient (Wildman–Crippen LogP) is 8.18. The van der Waals surface area contributed by atoms with Gasteiger partial charge in [-0.1, -0.05) is 83.2 Å². The molecule has 3 aromatic carbocycles. The van der Waals surface area contributed by atoms with E-state index >= 15 is 0 Å². The number of anilines is 1. The van der Waals surface area contributed by atoms with Gasteiger partial charge in [0.15, 0.2) is 10.8 Å². The number of rotatable bonds is 8. The Balaban J connectivity index is 1.26. The van der Waals surface area contributed by atoms with E-state index in [1.165, 1.54) is 6.07 Å². The molecular formula is C30H24N2O6S. The number of aryl methyl sites for hydroxylation is 1. The Morgan fingerprint density at radius 2 is 1.54 bits per heavy atom. The number of benzene rings is 3. The number of aromatic carboxylic acids is 1. The minimum Gasteiger partial charge on any atom is -0.477 e. The van der Waals surface area contributed by atoms with E-state index in [1.807, 2.05) is 85.8 Å². The largest absolute Gasteiger partial charge is 0.477 e. The van der Waals surface area contributed by atoms with E-state index < -0.39 is 18.2 Å². The second-order valence-electron chi connectivity index (χ2n) is 8.68. The Kier molecular flexibility index (Phi) is 7.42. The fourth-order valence-corrected chi connectivity index (χ4v) is 4.65. The summed E-state index contributed by atoms with van der Waals surface area (Å²) in [6.07, 6.45) is -1.02. The van der Waals surface area contributed by atoms with Gasteiger partial charge in [-0.3, -0.25) is 5.32 Å². The predicted molar refractivity (Wildman–Crippen MR) is 148 cm³/mol. The highest BCUT2D eigenvalue weighted by atomic mass is 32.1. The van der Waals surface area contributed by atoms with Gasteiger partial charge in [-0.15, -0.1) is 0 Å². The van der Waals surface area contributed by atoms with Crippen LogP contribution < -0.4 is 10.1 Å². The van der Waals surface area contributed by atoms with Crippen LogP contribution in [0.15, 0.2) is 95.5 Å². The number of hydrogen-bond donors (Lipinski definition) is 2. The molecule has 5 aromatic rings. The third-order valence-electron chi connectivity index (χ3n) is 5.99. The van der Waals surface area contributed by atoms with Crippen molar-refractivity contribution in [3.63, 3.8) is 0 Å². The first-order chi connectivity index (χ1) is 18.9. The van der Waals surface area contributed by atoms with Gasteiger partial charge in [-0.2, -0.15) is 0 Å². The van der Waals surface area contributed by atoms with Gasteiger partial charge in [0.1, 0.15) is 28.1 Å².